The number of rotatable bonds is 4. The standard InChI is InChI=1S/C14H10N4O5/c1-23-11-4-2-9(3-5-11)16-13-6-10(17(19)20)7-14(18(21)22)12(13)8-15-16/h2-8H,1H3. The summed E-state index contributed by atoms with van der Waals surface area (Å²) in [6, 6.07) is 9.01. The summed E-state index contributed by atoms with van der Waals surface area (Å²) in [7, 11) is 1.53. The van der Waals surface area contributed by atoms with Crippen LogP contribution >= 0.6 is 0 Å². The number of hydrogen-bond donors (Lipinski definition) is 0. The largest absolute Gasteiger partial charge is 0.497 e. The van der Waals surface area contributed by atoms with Crippen molar-refractivity contribution in [1.29, 1.82) is 0 Å². The van der Waals surface area contributed by atoms with Gasteiger partial charge in [0, 0.05) is 6.07 Å². The van der Waals surface area contributed by atoms with Crippen LogP contribution in [0.5, 0.6) is 5.75 Å². The first kappa shape index (κ1) is 14.4. The normalized spacial score (nSPS) is 10.7. The average molecular weight is 314 g/mol. The molecule has 9 nitrogen and oxygen atoms in total. The highest BCUT2D eigenvalue weighted by atomic mass is 16.6. The summed E-state index contributed by atoms with van der Waals surface area (Å²) >= 11 is 0. The summed E-state index contributed by atoms with van der Waals surface area (Å²) in [5.41, 5.74) is 0.181. The molecule has 3 aromatic rings. The monoisotopic (exact) mass is 314 g/mol. The Morgan fingerprint density at radius 3 is 2.35 bits per heavy atom. The van der Waals surface area contributed by atoms with Gasteiger partial charge in [-0.25, -0.2) is 4.68 Å². The third-order valence-corrected chi connectivity index (χ3v) is 3.38. The van der Waals surface area contributed by atoms with Crippen molar-refractivity contribution >= 4 is 22.3 Å². The minimum atomic E-state index is -0.669. The summed E-state index contributed by atoms with van der Waals surface area (Å²) in [4.78, 5) is 20.8. The fraction of sp³-hybridized carbons (Fsp3) is 0.0714. The van der Waals surface area contributed by atoms with Gasteiger partial charge in [-0.15, -0.1) is 0 Å². The lowest BCUT2D eigenvalue weighted by molar-refractivity contribution is -0.393. The molecule has 0 spiro atoms. The highest BCUT2D eigenvalue weighted by molar-refractivity contribution is 5.91. The average Bonchev–Trinajstić information content (AvgIpc) is 2.97. The van der Waals surface area contributed by atoms with Gasteiger partial charge in [0.1, 0.15) is 5.75 Å². The van der Waals surface area contributed by atoms with Gasteiger partial charge < -0.3 is 4.74 Å². The molecule has 0 atom stereocenters. The molecule has 0 unspecified atom stereocenters. The van der Waals surface area contributed by atoms with Crippen LogP contribution in [0.4, 0.5) is 11.4 Å². The van der Waals surface area contributed by atoms with Gasteiger partial charge in [-0.1, -0.05) is 0 Å². The zero-order chi connectivity index (χ0) is 16.6. The van der Waals surface area contributed by atoms with E-state index in [1.807, 2.05) is 0 Å². The molecule has 23 heavy (non-hydrogen) atoms. The lowest BCUT2D eigenvalue weighted by Crippen LogP contribution is -1.98. The number of ether oxygens (including phenoxy) is 1. The van der Waals surface area contributed by atoms with Gasteiger partial charge in [-0.05, 0) is 24.3 Å². The third kappa shape index (κ3) is 2.44. The Kier molecular flexibility index (Phi) is 3.37. The Hall–Kier alpha value is -3.49. The molecule has 0 aliphatic carbocycles. The van der Waals surface area contributed by atoms with Crippen molar-refractivity contribution in [2.45, 2.75) is 0 Å². The SMILES string of the molecule is COc1ccc(-n2ncc3c([N+](=O)[O-])cc([N+](=O)[O-])cc32)cc1. The van der Waals surface area contributed by atoms with Crippen LogP contribution in [0, 0.1) is 20.2 Å². The summed E-state index contributed by atoms with van der Waals surface area (Å²) in [6.07, 6.45) is 1.32. The van der Waals surface area contributed by atoms with Crippen molar-refractivity contribution in [3.05, 3.63) is 62.8 Å². The van der Waals surface area contributed by atoms with Crippen LogP contribution in [0.3, 0.4) is 0 Å². The van der Waals surface area contributed by atoms with Gasteiger partial charge in [0.2, 0.25) is 0 Å². The molecule has 0 aliphatic heterocycles. The number of aromatic nitrogens is 2. The second kappa shape index (κ2) is 5.37. The lowest BCUT2D eigenvalue weighted by atomic mass is 10.2. The molecule has 9 heteroatoms. The van der Waals surface area contributed by atoms with Crippen molar-refractivity contribution < 1.29 is 14.6 Å². The van der Waals surface area contributed by atoms with E-state index in [-0.39, 0.29) is 22.3 Å². The van der Waals surface area contributed by atoms with Crippen LogP contribution in [0.2, 0.25) is 0 Å². The van der Waals surface area contributed by atoms with E-state index in [0.29, 0.717) is 11.4 Å². The smallest absolute Gasteiger partial charge is 0.287 e. The van der Waals surface area contributed by atoms with Gasteiger partial charge in [0.05, 0.1) is 45.8 Å². The number of hydrogen-bond acceptors (Lipinski definition) is 6. The summed E-state index contributed by atoms with van der Waals surface area (Å²) in [5.74, 6) is 0.641. The molecule has 0 saturated heterocycles. The quantitative estimate of drug-likeness (QED) is 0.540. The van der Waals surface area contributed by atoms with E-state index in [0.717, 1.165) is 6.07 Å². The zero-order valence-electron chi connectivity index (χ0n) is 11.9. The van der Waals surface area contributed by atoms with E-state index < -0.39 is 9.85 Å². The molecule has 0 fully saturated rings. The molecule has 1 aromatic heterocycles. The molecule has 3 rings (SSSR count). The molecule has 0 radical (unpaired) electrons. The van der Waals surface area contributed by atoms with E-state index >= 15 is 0 Å². The molecular formula is C14H10N4O5. The summed E-state index contributed by atoms with van der Waals surface area (Å²) in [6.45, 7) is 0. The maximum atomic E-state index is 11.1. The first-order chi connectivity index (χ1) is 11.0. The van der Waals surface area contributed by atoms with Gasteiger partial charge >= 0.3 is 0 Å². The second-order valence-electron chi connectivity index (χ2n) is 4.67. The van der Waals surface area contributed by atoms with E-state index in [1.54, 1.807) is 24.3 Å². The molecule has 0 N–H and O–H groups in total. The van der Waals surface area contributed by atoms with Crippen LogP contribution in [0.25, 0.3) is 16.6 Å². The minimum absolute atomic E-state index is 0.233. The Bertz CT molecular complexity index is 917. The molecule has 0 saturated carbocycles. The van der Waals surface area contributed by atoms with Gasteiger partial charge in [0.15, 0.2) is 0 Å². The predicted molar refractivity (Wildman–Crippen MR) is 80.9 cm³/mol. The maximum Gasteiger partial charge on any atom is 0.287 e. The van der Waals surface area contributed by atoms with Crippen molar-refractivity contribution in [1.82, 2.24) is 9.78 Å². The van der Waals surface area contributed by atoms with Crippen molar-refractivity contribution in [3.8, 4) is 11.4 Å². The van der Waals surface area contributed by atoms with E-state index in [9.17, 15) is 20.2 Å². The number of non-ortho nitro benzene ring substituents is 2. The van der Waals surface area contributed by atoms with Crippen molar-refractivity contribution in [3.63, 3.8) is 0 Å². The van der Waals surface area contributed by atoms with E-state index in [1.165, 1.54) is 24.1 Å². The van der Waals surface area contributed by atoms with Crippen LogP contribution in [-0.4, -0.2) is 26.7 Å². The van der Waals surface area contributed by atoms with E-state index in [4.69, 9.17) is 4.74 Å². The minimum Gasteiger partial charge on any atom is -0.497 e. The van der Waals surface area contributed by atoms with Gasteiger partial charge in [-0.3, -0.25) is 20.2 Å². The van der Waals surface area contributed by atoms with Crippen LogP contribution < -0.4 is 4.74 Å². The van der Waals surface area contributed by atoms with Crippen LogP contribution in [0.15, 0.2) is 42.6 Å². The topological polar surface area (TPSA) is 113 Å². The van der Waals surface area contributed by atoms with Crippen LogP contribution in [0.1, 0.15) is 0 Å². The van der Waals surface area contributed by atoms with Gasteiger partial charge in [-0.2, -0.15) is 5.10 Å². The highest BCUT2D eigenvalue weighted by Crippen LogP contribution is 2.32. The highest BCUT2D eigenvalue weighted by Gasteiger charge is 2.22. The number of benzene rings is 2. The Morgan fingerprint density at radius 1 is 1.09 bits per heavy atom. The molecular weight excluding hydrogens is 304 g/mol. The second-order valence-corrected chi connectivity index (χ2v) is 4.67. The Labute approximate surface area is 129 Å². The summed E-state index contributed by atoms with van der Waals surface area (Å²) in [5, 5.41) is 26.5. The van der Waals surface area contributed by atoms with E-state index in [2.05, 4.69) is 5.10 Å². The van der Waals surface area contributed by atoms with Crippen molar-refractivity contribution in [2.75, 3.05) is 7.11 Å². The predicted octanol–water partition coefficient (Wildman–Crippen LogP) is 2.85. The lowest BCUT2D eigenvalue weighted by Gasteiger charge is -2.05. The van der Waals surface area contributed by atoms with Crippen molar-refractivity contribution in [2.24, 2.45) is 0 Å². The van der Waals surface area contributed by atoms with Crippen LogP contribution in [-0.2, 0) is 0 Å². The summed E-state index contributed by atoms with van der Waals surface area (Å²) < 4.78 is 6.48. The number of nitro groups is 2. The molecule has 0 aliphatic rings. The number of nitro benzene ring substituents is 2. The molecule has 0 bridgehead atoms. The fourth-order valence-corrected chi connectivity index (χ4v) is 2.28. The zero-order valence-corrected chi connectivity index (χ0v) is 11.9. The van der Waals surface area contributed by atoms with Gasteiger partial charge in [0.25, 0.3) is 11.4 Å². The Morgan fingerprint density at radius 2 is 1.78 bits per heavy atom. The number of nitrogens with zero attached hydrogens (tertiary/aromatic N) is 4. The Balaban J connectivity index is 2.25. The first-order valence-electron chi connectivity index (χ1n) is 6.46. The first-order valence-corrected chi connectivity index (χ1v) is 6.46. The molecule has 1 heterocycles. The fourth-order valence-electron chi connectivity index (χ4n) is 2.28. The molecule has 116 valence electrons. The third-order valence-electron chi connectivity index (χ3n) is 3.38. The number of methoxy groups -OCH3 is 1. The number of fused-ring (bicyclic) bond motifs is 1. The molecule has 2 aromatic carbocycles. The molecule has 0 amide bonds. The maximum absolute atomic E-state index is 11.1.